The summed E-state index contributed by atoms with van der Waals surface area (Å²) in [4.78, 5) is 14.1. The Morgan fingerprint density at radius 1 is 1.00 bits per heavy atom. The fourth-order valence-electron chi connectivity index (χ4n) is 3.44. The molecule has 0 radical (unpaired) electrons. The number of methoxy groups -OCH3 is 1. The molecule has 3 aromatic carbocycles. The van der Waals surface area contributed by atoms with E-state index in [0.717, 1.165) is 5.56 Å². The minimum Gasteiger partial charge on any atom is -0.497 e. The van der Waals surface area contributed by atoms with E-state index in [1.807, 2.05) is 24.3 Å². The molecule has 1 saturated heterocycles. The van der Waals surface area contributed by atoms with Gasteiger partial charge < -0.3 is 19.3 Å². The summed E-state index contributed by atoms with van der Waals surface area (Å²) >= 11 is 5.90. The summed E-state index contributed by atoms with van der Waals surface area (Å²) in [6.07, 6.45) is -1.21. The van der Waals surface area contributed by atoms with E-state index in [-0.39, 0.29) is 6.61 Å². The van der Waals surface area contributed by atoms with Crippen molar-refractivity contribution in [3.63, 3.8) is 0 Å². The van der Waals surface area contributed by atoms with Gasteiger partial charge in [0, 0.05) is 10.7 Å². The number of ether oxygens (including phenoxy) is 3. The summed E-state index contributed by atoms with van der Waals surface area (Å²) in [6.45, 7) is -0.290. The molecule has 1 amide bonds. The van der Waals surface area contributed by atoms with Gasteiger partial charge in [0.05, 0.1) is 13.7 Å². The van der Waals surface area contributed by atoms with Gasteiger partial charge in [-0.3, -0.25) is 4.90 Å². The van der Waals surface area contributed by atoms with Crippen LogP contribution < -0.4 is 14.4 Å². The highest BCUT2D eigenvalue weighted by Gasteiger charge is 2.43. The van der Waals surface area contributed by atoms with Crippen molar-refractivity contribution < 1.29 is 24.1 Å². The average molecular weight is 426 g/mol. The van der Waals surface area contributed by atoms with Crippen molar-refractivity contribution in [3.8, 4) is 17.2 Å². The first-order chi connectivity index (χ1) is 14.6. The lowest BCUT2D eigenvalue weighted by Gasteiger charge is -2.25. The second-order valence-corrected chi connectivity index (χ2v) is 7.18. The number of amides is 1. The number of rotatable bonds is 6. The van der Waals surface area contributed by atoms with Crippen molar-refractivity contribution in [1.82, 2.24) is 0 Å². The fourth-order valence-corrected chi connectivity index (χ4v) is 3.56. The summed E-state index contributed by atoms with van der Waals surface area (Å²) in [5.74, 6) is 1.93. The number of benzene rings is 3. The first-order valence-electron chi connectivity index (χ1n) is 9.37. The topological polar surface area (TPSA) is 68.2 Å². The van der Waals surface area contributed by atoms with E-state index >= 15 is 0 Å². The Bertz CT molecular complexity index is 1020. The zero-order valence-corrected chi connectivity index (χ0v) is 17.0. The predicted molar refractivity (Wildman–Crippen MR) is 114 cm³/mol. The third-order valence-electron chi connectivity index (χ3n) is 4.86. The Balaban J connectivity index is 1.61. The molecule has 1 fully saturated rings. The molecule has 1 aliphatic heterocycles. The molecule has 0 aromatic heterocycles. The van der Waals surface area contributed by atoms with Gasteiger partial charge in [0.15, 0.2) is 6.10 Å². The molecule has 0 spiro atoms. The van der Waals surface area contributed by atoms with Crippen LogP contribution in [0.5, 0.6) is 17.2 Å². The summed E-state index contributed by atoms with van der Waals surface area (Å²) < 4.78 is 16.5. The maximum atomic E-state index is 12.6. The van der Waals surface area contributed by atoms with Gasteiger partial charge in [-0.15, -0.1) is 0 Å². The number of anilines is 1. The van der Waals surface area contributed by atoms with Gasteiger partial charge in [0.25, 0.3) is 0 Å². The monoisotopic (exact) mass is 425 g/mol. The van der Waals surface area contributed by atoms with Crippen LogP contribution in [-0.2, 0) is 4.74 Å². The number of carbonyl (C=O) groups excluding carboxylic acids is 1. The Morgan fingerprint density at radius 3 is 2.30 bits per heavy atom. The third kappa shape index (κ3) is 4.06. The molecule has 154 valence electrons. The SMILES string of the molecule is COc1cccc([C@H]2[C@H](CO)OC(=O)N2c2ccc(Oc3ccc(Cl)cc3)cc2)c1. The molecule has 1 aliphatic rings. The number of aliphatic hydroxyl groups is 1. The standard InChI is InChI=1S/C23H20ClNO5/c1-28-20-4-2-3-15(13-20)22-21(14-26)30-23(27)25(22)17-7-11-19(12-8-17)29-18-9-5-16(24)6-10-18/h2-13,21-22,26H,14H2,1H3/t21-,22-/m0/s1. The van der Waals surface area contributed by atoms with Crippen LogP contribution in [0.1, 0.15) is 11.6 Å². The molecule has 2 atom stereocenters. The van der Waals surface area contributed by atoms with Gasteiger partial charge in [-0.1, -0.05) is 23.7 Å². The van der Waals surface area contributed by atoms with Crippen molar-refractivity contribution in [2.24, 2.45) is 0 Å². The minimum atomic E-state index is -0.686. The zero-order valence-electron chi connectivity index (χ0n) is 16.2. The van der Waals surface area contributed by atoms with Gasteiger partial charge in [0.1, 0.15) is 23.3 Å². The first-order valence-corrected chi connectivity index (χ1v) is 9.75. The Kier molecular flexibility index (Phi) is 5.79. The van der Waals surface area contributed by atoms with E-state index in [1.165, 1.54) is 4.90 Å². The van der Waals surface area contributed by atoms with Gasteiger partial charge in [-0.2, -0.15) is 0 Å². The lowest BCUT2D eigenvalue weighted by Crippen LogP contribution is -2.30. The quantitative estimate of drug-likeness (QED) is 0.588. The van der Waals surface area contributed by atoms with Crippen LogP contribution in [0.25, 0.3) is 0 Å². The summed E-state index contributed by atoms with van der Waals surface area (Å²) in [7, 11) is 1.58. The van der Waals surface area contributed by atoms with Crippen LogP contribution in [0.4, 0.5) is 10.5 Å². The fraction of sp³-hybridized carbons (Fsp3) is 0.174. The third-order valence-corrected chi connectivity index (χ3v) is 5.11. The number of cyclic esters (lactones) is 1. The molecular weight excluding hydrogens is 406 g/mol. The van der Waals surface area contributed by atoms with E-state index in [9.17, 15) is 9.90 Å². The van der Waals surface area contributed by atoms with Crippen LogP contribution in [0.15, 0.2) is 72.8 Å². The predicted octanol–water partition coefficient (Wildman–Crippen LogP) is 5.20. The molecule has 1 N–H and O–H groups in total. The zero-order chi connectivity index (χ0) is 21.1. The number of hydrogen-bond acceptors (Lipinski definition) is 5. The lowest BCUT2D eigenvalue weighted by atomic mass is 10.00. The van der Waals surface area contributed by atoms with Gasteiger partial charge >= 0.3 is 6.09 Å². The molecule has 0 aliphatic carbocycles. The highest BCUT2D eigenvalue weighted by Crippen LogP contribution is 2.39. The molecular formula is C23H20ClNO5. The molecule has 0 unspecified atom stereocenters. The largest absolute Gasteiger partial charge is 0.497 e. The van der Waals surface area contributed by atoms with Crippen LogP contribution >= 0.6 is 11.6 Å². The van der Waals surface area contributed by atoms with Crippen LogP contribution in [0, 0.1) is 0 Å². The smallest absolute Gasteiger partial charge is 0.415 e. The second kappa shape index (κ2) is 8.65. The molecule has 0 bridgehead atoms. The van der Waals surface area contributed by atoms with E-state index < -0.39 is 18.2 Å². The van der Waals surface area contributed by atoms with Gasteiger partial charge in [0.2, 0.25) is 0 Å². The van der Waals surface area contributed by atoms with Crippen molar-refractivity contribution in [2.75, 3.05) is 18.6 Å². The number of carbonyl (C=O) groups is 1. The lowest BCUT2D eigenvalue weighted by molar-refractivity contribution is 0.0829. The number of aliphatic hydroxyl groups excluding tert-OH is 1. The van der Waals surface area contributed by atoms with Crippen LogP contribution in [-0.4, -0.2) is 31.0 Å². The van der Waals surface area contributed by atoms with Crippen molar-refractivity contribution in [3.05, 3.63) is 83.4 Å². The highest BCUT2D eigenvalue weighted by molar-refractivity contribution is 6.30. The number of halogens is 1. The summed E-state index contributed by atoms with van der Waals surface area (Å²) in [5, 5.41) is 10.4. The Labute approximate surface area is 179 Å². The van der Waals surface area contributed by atoms with Crippen molar-refractivity contribution >= 4 is 23.4 Å². The average Bonchev–Trinajstić information content (AvgIpc) is 3.12. The van der Waals surface area contributed by atoms with E-state index in [4.69, 9.17) is 25.8 Å². The van der Waals surface area contributed by atoms with Crippen LogP contribution in [0.2, 0.25) is 5.02 Å². The normalized spacial score (nSPS) is 18.2. The Morgan fingerprint density at radius 2 is 1.67 bits per heavy atom. The first kappa shape index (κ1) is 20.1. The number of nitrogens with zero attached hydrogens (tertiary/aromatic N) is 1. The summed E-state index contributed by atoms with van der Waals surface area (Å²) in [5.41, 5.74) is 1.44. The molecule has 1 heterocycles. The Hall–Kier alpha value is -3.22. The van der Waals surface area contributed by atoms with Crippen LogP contribution in [0.3, 0.4) is 0 Å². The summed E-state index contributed by atoms with van der Waals surface area (Å²) in [6, 6.07) is 21.0. The van der Waals surface area contributed by atoms with E-state index in [1.54, 1.807) is 55.6 Å². The van der Waals surface area contributed by atoms with E-state index in [2.05, 4.69) is 0 Å². The molecule has 4 rings (SSSR count). The van der Waals surface area contributed by atoms with Crippen molar-refractivity contribution in [1.29, 1.82) is 0 Å². The van der Waals surface area contributed by atoms with E-state index in [0.29, 0.717) is 28.0 Å². The maximum absolute atomic E-state index is 12.6. The van der Waals surface area contributed by atoms with Gasteiger partial charge in [-0.25, -0.2) is 4.79 Å². The molecule has 30 heavy (non-hydrogen) atoms. The molecule has 7 heteroatoms. The second-order valence-electron chi connectivity index (χ2n) is 6.75. The van der Waals surface area contributed by atoms with Gasteiger partial charge in [-0.05, 0) is 66.2 Å². The highest BCUT2D eigenvalue weighted by atomic mass is 35.5. The minimum absolute atomic E-state index is 0.290. The molecule has 6 nitrogen and oxygen atoms in total. The maximum Gasteiger partial charge on any atom is 0.415 e. The molecule has 0 saturated carbocycles. The van der Waals surface area contributed by atoms with Crippen molar-refractivity contribution in [2.45, 2.75) is 12.1 Å². The molecule has 3 aromatic rings. The number of hydrogen-bond donors (Lipinski definition) is 1.